The summed E-state index contributed by atoms with van der Waals surface area (Å²) in [7, 11) is 1.63. The van der Waals surface area contributed by atoms with Crippen molar-refractivity contribution in [2.24, 2.45) is 0 Å². The molecule has 156 valence electrons. The van der Waals surface area contributed by atoms with Crippen LogP contribution in [0.25, 0.3) is 11.3 Å². The van der Waals surface area contributed by atoms with E-state index in [9.17, 15) is 9.90 Å². The molecule has 0 radical (unpaired) electrons. The zero-order chi connectivity index (χ0) is 21.4. The van der Waals surface area contributed by atoms with Crippen molar-refractivity contribution in [2.75, 3.05) is 20.3 Å². The molecule has 2 N–H and O–H groups in total. The van der Waals surface area contributed by atoms with E-state index in [0.29, 0.717) is 30.1 Å². The van der Waals surface area contributed by atoms with Gasteiger partial charge < -0.3 is 14.7 Å². The number of carbonyl (C=O) groups excluding carboxylic acids is 1. The number of benzene rings is 2. The summed E-state index contributed by atoms with van der Waals surface area (Å²) in [6.45, 7) is 6.93. The molecule has 0 bridgehead atoms. The Kier molecular flexibility index (Phi) is 5.35. The summed E-state index contributed by atoms with van der Waals surface area (Å²) in [6.07, 6.45) is 0.954. The highest BCUT2D eigenvalue weighted by Crippen LogP contribution is 2.45. The van der Waals surface area contributed by atoms with Crippen LogP contribution in [-0.2, 0) is 11.2 Å². The van der Waals surface area contributed by atoms with Crippen LogP contribution >= 0.6 is 0 Å². The minimum absolute atomic E-state index is 0.102. The number of aromatic hydroxyl groups is 1. The summed E-state index contributed by atoms with van der Waals surface area (Å²) in [5.41, 5.74) is 6.73. The number of amides is 1. The molecule has 1 amide bonds. The van der Waals surface area contributed by atoms with E-state index in [0.717, 1.165) is 28.7 Å². The van der Waals surface area contributed by atoms with Crippen LogP contribution in [0.2, 0.25) is 0 Å². The second kappa shape index (κ2) is 7.95. The molecule has 2 heterocycles. The van der Waals surface area contributed by atoms with Crippen LogP contribution in [0.4, 0.5) is 0 Å². The summed E-state index contributed by atoms with van der Waals surface area (Å²) < 4.78 is 5.25. The average molecular weight is 405 g/mol. The lowest BCUT2D eigenvalue weighted by Crippen LogP contribution is -2.32. The monoisotopic (exact) mass is 405 g/mol. The van der Waals surface area contributed by atoms with E-state index in [1.165, 1.54) is 5.56 Å². The first-order valence-corrected chi connectivity index (χ1v) is 10.2. The van der Waals surface area contributed by atoms with E-state index in [1.807, 2.05) is 24.8 Å². The molecule has 0 saturated carbocycles. The van der Waals surface area contributed by atoms with Gasteiger partial charge in [0.1, 0.15) is 17.1 Å². The molecule has 3 aromatic rings. The van der Waals surface area contributed by atoms with Crippen LogP contribution in [-0.4, -0.2) is 46.4 Å². The van der Waals surface area contributed by atoms with Crippen molar-refractivity contribution in [2.45, 2.75) is 33.2 Å². The molecule has 1 aromatic heterocycles. The topological polar surface area (TPSA) is 78.5 Å². The summed E-state index contributed by atoms with van der Waals surface area (Å²) >= 11 is 0. The van der Waals surface area contributed by atoms with Crippen molar-refractivity contribution in [1.29, 1.82) is 0 Å². The summed E-state index contributed by atoms with van der Waals surface area (Å²) in [5, 5.41) is 18.1. The Bertz CT molecular complexity index is 1060. The number of rotatable bonds is 6. The molecule has 1 atom stereocenters. The predicted molar refractivity (Wildman–Crippen MR) is 116 cm³/mol. The Morgan fingerprint density at radius 2 is 1.93 bits per heavy atom. The average Bonchev–Trinajstić information content (AvgIpc) is 3.25. The van der Waals surface area contributed by atoms with Gasteiger partial charge in [-0.05, 0) is 48.6 Å². The number of phenols is 1. The molecule has 0 aliphatic carbocycles. The molecule has 0 fully saturated rings. The Labute approximate surface area is 176 Å². The van der Waals surface area contributed by atoms with Crippen LogP contribution in [0.3, 0.4) is 0 Å². The van der Waals surface area contributed by atoms with E-state index in [-0.39, 0.29) is 17.7 Å². The number of H-pyrrole nitrogens is 1. The van der Waals surface area contributed by atoms with Gasteiger partial charge in [0.25, 0.3) is 5.91 Å². The summed E-state index contributed by atoms with van der Waals surface area (Å²) in [6, 6.07) is 11.8. The van der Waals surface area contributed by atoms with E-state index in [2.05, 4.69) is 41.4 Å². The number of ether oxygens (including phenoxy) is 1. The fourth-order valence-electron chi connectivity index (χ4n) is 4.34. The van der Waals surface area contributed by atoms with Crippen molar-refractivity contribution in [3.05, 3.63) is 69.9 Å². The number of fused-ring (bicyclic) bond motifs is 1. The minimum atomic E-state index is -0.289. The number of carbonyl (C=O) groups is 1. The van der Waals surface area contributed by atoms with Crippen molar-refractivity contribution in [3.63, 3.8) is 0 Å². The first kappa shape index (κ1) is 20.2. The van der Waals surface area contributed by atoms with Crippen molar-refractivity contribution in [3.8, 4) is 17.0 Å². The van der Waals surface area contributed by atoms with Gasteiger partial charge in [-0.3, -0.25) is 9.89 Å². The second-order valence-electron chi connectivity index (χ2n) is 7.83. The van der Waals surface area contributed by atoms with E-state index < -0.39 is 0 Å². The molecule has 6 nitrogen and oxygen atoms in total. The lowest BCUT2D eigenvalue weighted by Gasteiger charge is -2.26. The SMILES string of the molecule is CCc1ccc(C2c3c(-c4c(C)cc(C)cc4O)n[nH]c3C(=O)N2CCOC)cc1. The van der Waals surface area contributed by atoms with Gasteiger partial charge in [0, 0.05) is 24.8 Å². The number of hydrogen-bond acceptors (Lipinski definition) is 4. The standard InChI is InChI=1S/C24H27N3O3/c1-5-16-6-8-17(9-7-16)23-20-21(19-15(3)12-14(2)13-18(19)28)25-26-22(20)24(29)27(23)10-11-30-4/h6-9,12-13,23,28H,5,10-11H2,1-4H3,(H,25,26). The lowest BCUT2D eigenvalue weighted by atomic mass is 9.92. The zero-order valence-electron chi connectivity index (χ0n) is 17.8. The Morgan fingerprint density at radius 1 is 1.20 bits per heavy atom. The third-order valence-corrected chi connectivity index (χ3v) is 5.80. The van der Waals surface area contributed by atoms with Crippen LogP contribution in [0.5, 0.6) is 5.75 Å². The number of aromatic amines is 1. The maximum absolute atomic E-state index is 13.2. The lowest BCUT2D eigenvalue weighted by molar-refractivity contribution is 0.0677. The molecule has 1 aliphatic rings. The van der Waals surface area contributed by atoms with Crippen LogP contribution < -0.4 is 0 Å². The maximum Gasteiger partial charge on any atom is 0.273 e. The van der Waals surface area contributed by atoms with E-state index in [1.54, 1.807) is 13.2 Å². The summed E-state index contributed by atoms with van der Waals surface area (Å²) in [4.78, 5) is 15.0. The second-order valence-corrected chi connectivity index (χ2v) is 7.83. The molecule has 1 unspecified atom stereocenters. The first-order chi connectivity index (χ1) is 14.5. The third-order valence-electron chi connectivity index (χ3n) is 5.80. The van der Waals surface area contributed by atoms with Gasteiger partial charge in [-0.25, -0.2) is 0 Å². The number of nitrogens with zero attached hydrogens (tertiary/aromatic N) is 2. The van der Waals surface area contributed by atoms with Gasteiger partial charge >= 0.3 is 0 Å². The van der Waals surface area contributed by atoms with Crippen molar-refractivity contribution in [1.82, 2.24) is 15.1 Å². The molecule has 6 heteroatoms. The Balaban J connectivity index is 1.89. The molecular formula is C24H27N3O3. The van der Waals surface area contributed by atoms with Gasteiger partial charge in [0.2, 0.25) is 0 Å². The van der Waals surface area contributed by atoms with Gasteiger partial charge in [-0.1, -0.05) is 37.3 Å². The first-order valence-electron chi connectivity index (χ1n) is 10.2. The number of methoxy groups -OCH3 is 1. The molecule has 4 rings (SSSR count). The van der Waals surface area contributed by atoms with Crippen LogP contribution in [0.1, 0.15) is 51.3 Å². The van der Waals surface area contributed by atoms with Gasteiger partial charge in [0.15, 0.2) is 0 Å². The number of aromatic nitrogens is 2. The van der Waals surface area contributed by atoms with E-state index >= 15 is 0 Å². The maximum atomic E-state index is 13.2. The molecule has 1 aliphatic heterocycles. The molecule has 0 spiro atoms. The number of hydrogen-bond donors (Lipinski definition) is 2. The number of nitrogens with one attached hydrogen (secondary N) is 1. The highest BCUT2D eigenvalue weighted by Gasteiger charge is 2.42. The minimum Gasteiger partial charge on any atom is -0.507 e. The molecular weight excluding hydrogens is 378 g/mol. The number of aryl methyl sites for hydroxylation is 3. The van der Waals surface area contributed by atoms with Crippen LogP contribution in [0, 0.1) is 13.8 Å². The smallest absolute Gasteiger partial charge is 0.273 e. The highest BCUT2D eigenvalue weighted by atomic mass is 16.5. The van der Waals surface area contributed by atoms with Crippen LogP contribution in [0.15, 0.2) is 36.4 Å². The predicted octanol–water partition coefficient (Wildman–Crippen LogP) is 4.15. The zero-order valence-corrected chi connectivity index (χ0v) is 17.8. The molecule has 0 saturated heterocycles. The van der Waals surface area contributed by atoms with Crippen molar-refractivity contribution < 1.29 is 14.6 Å². The summed E-state index contributed by atoms with van der Waals surface area (Å²) in [5.74, 6) is 0.0688. The highest BCUT2D eigenvalue weighted by molar-refractivity contribution is 6.00. The third kappa shape index (κ3) is 3.27. The number of phenolic OH excluding ortho intramolecular Hbond substituents is 1. The van der Waals surface area contributed by atoms with Gasteiger partial charge in [0.05, 0.1) is 12.6 Å². The fraction of sp³-hybridized carbons (Fsp3) is 0.333. The quantitative estimate of drug-likeness (QED) is 0.646. The van der Waals surface area contributed by atoms with Gasteiger partial charge in [-0.2, -0.15) is 5.10 Å². The molecule has 2 aromatic carbocycles. The van der Waals surface area contributed by atoms with E-state index in [4.69, 9.17) is 4.74 Å². The normalized spacial score (nSPS) is 15.7. The Morgan fingerprint density at radius 3 is 2.57 bits per heavy atom. The van der Waals surface area contributed by atoms with Crippen molar-refractivity contribution >= 4 is 5.91 Å². The Hall–Kier alpha value is -3.12. The van der Waals surface area contributed by atoms with Gasteiger partial charge in [-0.15, -0.1) is 0 Å². The fourth-order valence-corrected chi connectivity index (χ4v) is 4.34. The largest absolute Gasteiger partial charge is 0.507 e. The molecule has 30 heavy (non-hydrogen) atoms.